The molecule has 0 heterocycles. The average molecular weight is 221 g/mol. The molecular weight excluding hydrogens is 194 g/mol. The summed E-state index contributed by atoms with van der Waals surface area (Å²) < 4.78 is 0. The van der Waals surface area contributed by atoms with Crippen molar-refractivity contribution in [2.24, 2.45) is 22.2 Å². The summed E-state index contributed by atoms with van der Waals surface area (Å²) in [6.45, 7) is 11.2. The van der Waals surface area contributed by atoms with E-state index in [-0.39, 0.29) is 0 Å². The second-order valence-electron chi connectivity index (χ2n) is 7.85. The fraction of sp³-hybridized carbons (Fsp3) is 1.00. The Labute approximate surface area is 100 Å². The van der Waals surface area contributed by atoms with Crippen molar-refractivity contribution in [1.82, 2.24) is 5.32 Å². The van der Waals surface area contributed by atoms with E-state index in [1.165, 1.54) is 38.6 Å². The van der Waals surface area contributed by atoms with E-state index in [1.807, 2.05) is 0 Å². The molecule has 1 nitrogen and oxygen atoms in total. The van der Waals surface area contributed by atoms with Crippen LogP contribution in [-0.4, -0.2) is 12.6 Å². The lowest BCUT2D eigenvalue weighted by atomic mass is 9.69. The molecule has 3 saturated carbocycles. The van der Waals surface area contributed by atoms with Crippen LogP contribution in [0.2, 0.25) is 0 Å². The summed E-state index contributed by atoms with van der Waals surface area (Å²) in [4.78, 5) is 0. The van der Waals surface area contributed by atoms with Crippen LogP contribution in [0.25, 0.3) is 0 Å². The first-order chi connectivity index (χ1) is 7.37. The molecule has 2 bridgehead atoms. The minimum atomic E-state index is 0.558. The summed E-state index contributed by atoms with van der Waals surface area (Å²) in [5.74, 6) is 0.974. The molecular formula is C15H27N. The molecule has 16 heavy (non-hydrogen) atoms. The normalized spacial score (nSPS) is 47.2. The van der Waals surface area contributed by atoms with Crippen molar-refractivity contribution < 1.29 is 0 Å². The maximum atomic E-state index is 3.91. The number of hydrogen-bond acceptors (Lipinski definition) is 1. The third-order valence-electron chi connectivity index (χ3n) is 6.67. The molecule has 0 spiro atoms. The van der Waals surface area contributed by atoms with Gasteiger partial charge in [-0.1, -0.05) is 27.7 Å². The first-order valence-electron chi connectivity index (χ1n) is 7.11. The van der Waals surface area contributed by atoms with Crippen molar-refractivity contribution in [3.63, 3.8) is 0 Å². The van der Waals surface area contributed by atoms with Crippen molar-refractivity contribution in [3.8, 4) is 0 Å². The van der Waals surface area contributed by atoms with E-state index in [1.54, 1.807) is 0 Å². The summed E-state index contributed by atoms with van der Waals surface area (Å²) in [7, 11) is 0. The van der Waals surface area contributed by atoms with Gasteiger partial charge in [-0.15, -0.1) is 0 Å². The standard InChI is InChI=1S/C15H27N/c1-13(2)11-5-6-15(13,4)12(9-11)16-10-14(3)7-8-14/h11-12,16H,5-10H2,1-4H3. The molecule has 0 aliphatic heterocycles. The Morgan fingerprint density at radius 3 is 2.19 bits per heavy atom. The summed E-state index contributed by atoms with van der Waals surface area (Å²) in [5, 5.41) is 3.91. The van der Waals surface area contributed by atoms with Gasteiger partial charge in [0.25, 0.3) is 0 Å². The molecule has 92 valence electrons. The summed E-state index contributed by atoms with van der Waals surface area (Å²) in [6.07, 6.45) is 7.23. The Bertz CT molecular complexity index is 303. The van der Waals surface area contributed by atoms with Crippen LogP contribution in [0.5, 0.6) is 0 Å². The Morgan fingerprint density at radius 2 is 1.75 bits per heavy atom. The largest absolute Gasteiger partial charge is 0.313 e. The monoisotopic (exact) mass is 221 g/mol. The molecule has 3 fully saturated rings. The van der Waals surface area contributed by atoms with E-state index in [9.17, 15) is 0 Å². The first-order valence-corrected chi connectivity index (χ1v) is 7.11. The van der Waals surface area contributed by atoms with Gasteiger partial charge in [0.05, 0.1) is 0 Å². The Kier molecular flexibility index (Phi) is 2.11. The van der Waals surface area contributed by atoms with Crippen LogP contribution in [-0.2, 0) is 0 Å². The lowest BCUT2D eigenvalue weighted by Gasteiger charge is -2.40. The van der Waals surface area contributed by atoms with Gasteiger partial charge < -0.3 is 5.32 Å². The van der Waals surface area contributed by atoms with Crippen molar-refractivity contribution in [3.05, 3.63) is 0 Å². The van der Waals surface area contributed by atoms with Crippen molar-refractivity contribution in [2.45, 2.75) is 65.8 Å². The van der Waals surface area contributed by atoms with Crippen LogP contribution in [0.4, 0.5) is 0 Å². The molecule has 0 amide bonds. The number of fused-ring (bicyclic) bond motifs is 2. The molecule has 1 heteroatoms. The number of hydrogen-bond donors (Lipinski definition) is 1. The van der Waals surface area contributed by atoms with Gasteiger partial charge in [-0.25, -0.2) is 0 Å². The van der Waals surface area contributed by atoms with Crippen molar-refractivity contribution in [1.29, 1.82) is 0 Å². The molecule has 0 aromatic rings. The lowest BCUT2D eigenvalue weighted by molar-refractivity contribution is 0.118. The predicted molar refractivity (Wildman–Crippen MR) is 68.4 cm³/mol. The van der Waals surface area contributed by atoms with Gasteiger partial charge in [0.1, 0.15) is 0 Å². The maximum absolute atomic E-state index is 3.91. The third-order valence-corrected chi connectivity index (χ3v) is 6.67. The molecule has 0 radical (unpaired) electrons. The van der Waals surface area contributed by atoms with Gasteiger partial charge in [0, 0.05) is 12.6 Å². The number of nitrogens with one attached hydrogen (secondary N) is 1. The molecule has 3 unspecified atom stereocenters. The topological polar surface area (TPSA) is 12.0 Å². The van der Waals surface area contributed by atoms with Gasteiger partial charge in [-0.3, -0.25) is 0 Å². The van der Waals surface area contributed by atoms with Gasteiger partial charge in [-0.05, 0) is 54.3 Å². The molecule has 0 aromatic heterocycles. The zero-order valence-corrected chi connectivity index (χ0v) is 11.4. The summed E-state index contributed by atoms with van der Waals surface area (Å²) >= 11 is 0. The van der Waals surface area contributed by atoms with Crippen LogP contribution in [0.3, 0.4) is 0 Å². The molecule has 3 rings (SSSR count). The second-order valence-corrected chi connectivity index (χ2v) is 7.85. The van der Waals surface area contributed by atoms with Crippen molar-refractivity contribution >= 4 is 0 Å². The molecule has 3 aliphatic carbocycles. The van der Waals surface area contributed by atoms with E-state index in [0.717, 1.165) is 12.0 Å². The van der Waals surface area contributed by atoms with Crippen molar-refractivity contribution in [2.75, 3.05) is 6.54 Å². The fourth-order valence-electron chi connectivity index (χ4n) is 4.27. The van der Waals surface area contributed by atoms with Crippen LogP contribution in [0.1, 0.15) is 59.8 Å². The average Bonchev–Trinajstić information content (AvgIpc) is 2.86. The summed E-state index contributed by atoms with van der Waals surface area (Å²) in [5.41, 5.74) is 1.78. The van der Waals surface area contributed by atoms with E-state index in [4.69, 9.17) is 0 Å². The Hall–Kier alpha value is -0.0400. The molecule has 0 saturated heterocycles. The van der Waals surface area contributed by atoms with Crippen LogP contribution >= 0.6 is 0 Å². The highest BCUT2D eigenvalue weighted by molar-refractivity contribution is 5.13. The predicted octanol–water partition coefficient (Wildman–Crippen LogP) is 3.59. The minimum Gasteiger partial charge on any atom is -0.313 e. The maximum Gasteiger partial charge on any atom is 0.0129 e. The molecule has 3 aliphatic rings. The van der Waals surface area contributed by atoms with Crippen LogP contribution in [0.15, 0.2) is 0 Å². The lowest BCUT2D eigenvalue weighted by Crippen LogP contribution is -2.46. The SMILES string of the molecule is CC1(CNC2CC3CCC2(C)C3(C)C)CC1. The van der Waals surface area contributed by atoms with Crippen LogP contribution in [0, 0.1) is 22.2 Å². The smallest absolute Gasteiger partial charge is 0.0129 e. The zero-order valence-electron chi connectivity index (χ0n) is 11.4. The minimum absolute atomic E-state index is 0.558. The van der Waals surface area contributed by atoms with E-state index < -0.39 is 0 Å². The van der Waals surface area contributed by atoms with Gasteiger partial charge >= 0.3 is 0 Å². The first kappa shape index (κ1) is 11.1. The van der Waals surface area contributed by atoms with Gasteiger partial charge in [0.15, 0.2) is 0 Å². The molecule has 1 N–H and O–H groups in total. The highest BCUT2D eigenvalue weighted by Crippen LogP contribution is 2.65. The molecule has 0 aromatic carbocycles. The number of rotatable bonds is 3. The zero-order chi connectivity index (χ0) is 11.6. The van der Waals surface area contributed by atoms with E-state index in [0.29, 0.717) is 16.2 Å². The van der Waals surface area contributed by atoms with Crippen LogP contribution < -0.4 is 5.32 Å². The van der Waals surface area contributed by atoms with E-state index in [2.05, 4.69) is 33.0 Å². The Morgan fingerprint density at radius 1 is 1.06 bits per heavy atom. The highest BCUT2D eigenvalue weighted by atomic mass is 15.0. The van der Waals surface area contributed by atoms with Gasteiger partial charge in [0.2, 0.25) is 0 Å². The highest BCUT2D eigenvalue weighted by Gasteiger charge is 2.61. The summed E-state index contributed by atoms with van der Waals surface area (Å²) in [6, 6.07) is 0.790. The second kappa shape index (κ2) is 3.04. The Balaban J connectivity index is 1.69. The fourth-order valence-corrected chi connectivity index (χ4v) is 4.27. The van der Waals surface area contributed by atoms with E-state index >= 15 is 0 Å². The quantitative estimate of drug-likeness (QED) is 0.768. The molecule has 3 atom stereocenters. The van der Waals surface area contributed by atoms with Gasteiger partial charge in [-0.2, -0.15) is 0 Å². The third kappa shape index (κ3) is 1.33.